The Hall–Kier alpha value is -2.74. The molecule has 0 fully saturated rings. The van der Waals surface area contributed by atoms with Gasteiger partial charge in [0.05, 0.1) is 34.3 Å². The number of hydrogen-bond donors (Lipinski definition) is 0. The molecular formula is C16H14N2O5S. The molecule has 0 radical (unpaired) electrons. The third-order valence-electron chi connectivity index (χ3n) is 3.43. The lowest BCUT2D eigenvalue weighted by Crippen LogP contribution is -2.25. The fraction of sp³-hybridized carbons (Fsp3) is 0.250. The zero-order valence-electron chi connectivity index (χ0n) is 13.2. The maximum absolute atomic E-state index is 12.5. The highest BCUT2D eigenvalue weighted by atomic mass is 32.1. The molecule has 7 nitrogen and oxygen atoms in total. The molecule has 24 heavy (non-hydrogen) atoms. The maximum atomic E-state index is 12.5. The van der Waals surface area contributed by atoms with Gasteiger partial charge in [-0.3, -0.25) is 0 Å². The van der Waals surface area contributed by atoms with Gasteiger partial charge in [-0.05, 0) is 31.4 Å². The number of ether oxygens (including phenoxy) is 2. The van der Waals surface area contributed by atoms with Crippen LogP contribution in [0, 0.1) is 6.92 Å². The molecule has 0 aliphatic carbocycles. The minimum absolute atomic E-state index is 0.246. The average Bonchev–Trinajstić information content (AvgIpc) is 3.23. The van der Waals surface area contributed by atoms with Gasteiger partial charge in [0, 0.05) is 0 Å². The lowest BCUT2D eigenvalue weighted by Gasteiger charge is -2.11. The van der Waals surface area contributed by atoms with Crippen molar-refractivity contribution in [3.63, 3.8) is 0 Å². The maximum Gasteiger partial charge on any atom is 0.346 e. The molecule has 3 heterocycles. The highest BCUT2D eigenvalue weighted by Crippen LogP contribution is 2.29. The molecule has 1 unspecified atom stereocenters. The summed E-state index contributed by atoms with van der Waals surface area (Å²) in [4.78, 5) is 29.3. The predicted octanol–water partition coefficient (Wildman–Crippen LogP) is 2.98. The van der Waals surface area contributed by atoms with Gasteiger partial charge in [-0.25, -0.2) is 14.6 Å². The van der Waals surface area contributed by atoms with Crippen LogP contribution in [-0.4, -0.2) is 35.3 Å². The van der Waals surface area contributed by atoms with Crippen LogP contribution in [0.1, 0.15) is 23.0 Å². The zero-order valence-corrected chi connectivity index (χ0v) is 14.0. The number of nitrogens with zero attached hydrogens (tertiary/aromatic N) is 2. The van der Waals surface area contributed by atoms with E-state index in [-0.39, 0.29) is 11.3 Å². The monoisotopic (exact) mass is 346 g/mol. The van der Waals surface area contributed by atoms with E-state index in [1.165, 1.54) is 25.4 Å². The number of carbonyl (C=O) groups is 2. The van der Waals surface area contributed by atoms with Crippen molar-refractivity contribution in [2.75, 3.05) is 7.11 Å². The first-order valence-corrected chi connectivity index (χ1v) is 7.99. The minimum atomic E-state index is -1.02. The second-order valence-corrected chi connectivity index (χ2v) is 6.00. The van der Waals surface area contributed by atoms with E-state index >= 15 is 0 Å². The predicted molar refractivity (Wildman–Crippen MR) is 86.7 cm³/mol. The molecule has 8 heteroatoms. The van der Waals surface area contributed by atoms with Gasteiger partial charge in [0.25, 0.3) is 5.71 Å². The molecule has 0 amide bonds. The number of hydrogen-bond acceptors (Lipinski definition) is 8. The van der Waals surface area contributed by atoms with Crippen LogP contribution in [0.15, 0.2) is 28.1 Å². The highest BCUT2D eigenvalue weighted by Gasteiger charge is 2.24. The summed E-state index contributed by atoms with van der Waals surface area (Å²) in [7, 11) is 1.23. The van der Waals surface area contributed by atoms with Crippen LogP contribution in [-0.2, 0) is 14.3 Å². The highest BCUT2D eigenvalue weighted by molar-refractivity contribution is 7.13. The van der Waals surface area contributed by atoms with Crippen molar-refractivity contribution in [2.24, 2.45) is 0 Å². The Morgan fingerprint density at radius 1 is 1.38 bits per heavy atom. The molecule has 0 aromatic carbocycles. The van der Waals surface area contributed by atoms with Crippen molar-refractivity contribution in [1.82, 2.24) is 10.1 Å². The molecule has 1 atom stereocenters. The van der Waals surface area contributed by atoms with E-state index in [1.807, 2.05) is 17.5 Å². The summed E-state index contributed by atoms with van der Waals surface area (Å²) in [5.41, 5.74) is 1.59. The van der Waals surface area contributed by atoms with Gasteiger partial charge < -0.3 is 14.0 Å². The number of esters is 2. The molecule has 0 N–H and O–H groups in total. The molecular weight excluding hydrogens is 332 g/mol. The average molecular weight is 346 g/mol. The summed E-state index contributed by atoms with van der Waals surface area (Å²) >= 11 is 1.48. The van der Waals surface area contributed by atoms with E-state index in [2.05, 4.69) is 14.9 Å². The number of fused-ring (bicyclic) bond motifs is 1. The molecule has 0 aliphatic heterocycles. The summed E-state index contributed by atoms with van der Waals surface area (Å²) < 4.78 is 15.0. The van der Waals surface area contributed by atoms with Crippen LogP contribution >= 0.6 is 11.3 Å². The fourth-order valence-electron chi connectivity index (χ4n) is 2.24. The summed E-state index contributed by atoms with van der Waals surface area (Å²) in [5, 5.41) is 6.23. The number of thiophene rings is 1. The first kappa shape index (κ1) is 16.1. The van der Waals surface area contributed by atoms with Gasteiger partial charge in [0.15, 0.2) is 6.10 Å². The molecule has 3 aromatic heterocycles. The van der Waals surface area contributed by atoms with E-state index in [1.54, 1.807) is 13.0 Å². The molecule has 3 aromatic rings. The molecule has 0 saturated carbocycles. The van der Waals surface area contributed by atoms with Crippen molar-refractivity contribution >= 4 is 34.4 Å². The zero-order chi connectivity index (χ0) is 17.3. The lowest BCUT2D eigenvalue weighted by atomic mass is 10.1. The van der Waals surface area contributed by atoms with Gasteiger partial charge >= 0.3 is 11.9 Å². The summed E-state index contributed by atoms with van der Waals surface area (Å²) in [6.45, 7) is 3.15. The summed E-state index contributed by atoms with van der Waals surface area (Å²) in [6, 6.07) is 5.38. The number of aromatic nitrogens is 2. The molecule has 0 saturated heterocycles. The van der Waals surface area contributed by atoms with Crippen molar-refractivity contribution in [2.45, 2.75) is 20.0 Å². The van der Waals surface area contributed by atoms with Gasteiger partial charge in [0.1, 0.15) is 0 Å². The van der Waals surface area contributed by atoms with E-state index in [0.29, 0.717) is 16.8 Å². The van der Waals surface area contributed by atoms with Crippen LogP contribution in [0.5, 0.6) is 0 Å². The van der Waals surface area contributed by atoms with E-state index < -0.39 is 18.0 Å². The largest absolute Gasteiger partial charge is 0.466 e. The molecule has 0 bridgehead atoms. The molecule has 124 valence electrons. The van der Waals surface area contributed by atoms with E-state index in [0.717, 1.165) is 4.88 Å². The molecule has 0 aliphatic rings. The Morgan fingerprint density at radius 2 is 2.17 bits per heavy atom. The van der Waals surface area contributed by atoms with Crippen LogP contribution in [0.3, 0.4) is 0 Å². The normalized spacial score (nSPS) is 12.1. The second kappa shape index (κ2) is 6.40. The Bertz CT molecular complexity index is 901. The standard InChI is InChI=1S/C16H14N2O5S/c1-8-13-10(16(20)22-9(2)15(19)21-3)7-11(12-5-4-6-24-12)17-14(13)23-18-8/h4-7,9H,1-3H3. The first-order chi connectivity index (χ1) is 11.5. The van der Waals surface area contributed by atoms with E-state index in [4.69, 9.17) is 9.26 Å². The third-order valence-corrected chi connectivity index (χ3v) is 4.32. The Labute approximate surface area is 141 Å². The summed E-state index contributed by atoms with van der Waals surface area (Å²) in [6.07, 6.45) is -1.02. The smallest absolute Gasteiger partial charge is 0.346 e. The third kappa shape index (κ3) is 2.88. The first-order valence-electron chi connectivity index (χ1n) is 7.11. The Kier molecular flexibility index (Phi) is 4.30. The Morgan fingerprint density at radius 3 is 2.83 bits per heavy atom. The van der Waals surface area contributed by atoms with Gasteiger partial charge in [0.2, 0.25) is 0 Å². The number of carbonyl (C=O) groups excluding carboxylic acids is 2. The number of aryl methyl sites for hydroxylation is 1. The molecule has 3 rings (SSSR count). The SMILES string of the molecule is COC(=O)C(C)OC(=O)c1cc(-c2cccs2)nc2onc(C)c12. The second-order valence-electron chi connectivity index (χ2n) is 5.05. The molecule has 0 spiro atoms. The Balaban J connectivity index is 2.06. The van der Waals surface area contributed by atoms with Gasteiger partial charge in [-0.1, -0.05) is 11.2 Å². The quantitative estimate of drug-likeness (QED) is 0.671. The minimum Gasteiger partial charge on any atom is -0.466 e. The van der Waals surface area contributed by atoms with Crippen molar-refractivity contribution in [1.29, 1.82) is 0 Å². The van der Waals surface area contributed by atoms with Crippen LogP contribution in [0.25, 0.3) is 21.7 Å². The lowest BCUT2D eigenvalue weighted by molar-refractivity contribution is -0.149. The van der Waals surface area contributed by atoms with Crippen LogP contribution in [0.4, 0.5) is 0 Å². The number of methoxy groups -OCH3 is 1. The van der Waals surface area contributed by atoms with Crippen molar-refractivity contribution in [3.05, 3.63) is 34.8 Å². The topological polar surface area (TPSA) is 91.5 Å². The van der Waals surface area contributed by atoms with Crippen LogP contribution in [0.2, 0.25) is 0 Å². The fourth-order valence-corrected chi connectivity index (χ4v) is 2.93. The van der Waals surface area contributed by atoms with Gasteiger partial charge in [-0.15, -0.1) is 11.3 Å². The van der Waals surface area contributed by atoms with E-state index in [9.17, 15) is 9.59 Å². The number of rotatable bonds is 4. The van der Waals surface area contributed by atoms with Crippen molar-refractivity contribution in [3.8, 4) is 10.6 Å². The van der Waals surface area contributed by atoms with Gasteiger partial charge in [-0.2, -0.15) is 0 Å². The van der Waals surface area contributed by atoms with Crippen molar-refractivity contribution < 1.29 is 23.6 Å². The number of pyridine rings is 1. The summed E-state index contributed by atoms with van der Waals surface area (Å²) in [5.74, 6) is -1.29. The van der Waals surface area contributed by atoms with Crippen LogP contribution < -0.4 is 0 Å².